The van der Waals surface area contributed by atoms with Crippen molar-refractivity contribution in [1.29, 1.82) is 0 Å². The molecule has 4 aliphatic carbocycles. The molecule has 0 aromatic heterocycles. The molecule has 0 amide bonds. The van der Waals surface area contributed by atoms with E-state index in [0.717, 1.165) is 32.1 Å². The summed E-state index contributed by atoms with van der Waals surface area (Å²) in [6.45, 7) is 7.57. The molecule has 0 aliphatic heterocycles. The maximum absolute atomic E-state index is 10.6. The fraction of sp³-hybridized carbons (Fsp3) is 0.714. The van der Waals surface area contributed by atoms with E-state index in [2.05, 4.69) is 50.3 Å². The number of aliphatic hydroxyl groups is 2. The van der Waals surface area contributed by atoms with Crippen LogP contribution >= 0.6 is 0 Å². The van der Waals surface area contributed by atoms with E-state index in [1.807, 2.05) is 6.92 Å². The molecule has 5 rings (SSSR count). The highest BCUT2D eigenvalue weighted by Gasteiger charge is 2.62. The first-order valence-corrected chi connectivity index (χ1v) is 12.6. The lowest BCUT2D eigenvalue weighted by Gasteiger charge is -2.61. The quantitative estimate of drug-likeness (QED) is 0.627. The Balaban J connectivity index is 1.50. The van der Waals surface area contributed by atoms with Crippen LogP contribution in [0, 0.1) is 34.5 Å². The minimum atomic E-state index is -0.275. The van der Waals surface area contributed by atoms with E-state index in [0.29, 0.717) is 30.3 Å². The van der Waals surface area contributed by atoms with Crippen molar-refractivity contribution in [2.75, 3.05) is 0 Å². The summed E-state index contributed by atoms with van der Waals surface area (Å²) < 4.78 is 6.81. The first kappa shape index (κ1) is 21.7. The first-order valence-electron chi connectivity index (χ1n) is 12.6. The second-order valence-corrected chi connectivity index (χ2v) is 11.5. The van der Waals surface area contributed by atoms with Crippen LogP contribution in [-0.2, 0) is 11.3 Å². The van der Waals surface area contributed by atoms with Crippen molar-refractivity contribution in [3.05, 3.63) is 47.5 Å². The molecule has 3 heteroatoms. The van der Waals surface area contributed by atoms with Gasteiger partial charge in [0.25, 0.3) is 0 Å². The Labute approximate surface area is 187 Å². The van der Waals surface area contributed by atoms with Crippen LogP contribution in [0.2, 0.25) is 0 Å². The molecule has 5 unspecified atom stereocenters. The van der Waals surface area contributed by atoms with Crippen molar-refractivity contribution in [3.8, 4) is 0 Å². The van der Waals surface area contributed by atoms with Gasteiger partial charge >= 0.3 is 0 Å². The summed E-state index contributed by atoms with van der Waals surface area (Å²) in [7, 11) is 0. The van der Waals surface area contributed by atoms with Crippen molar-refractivity contribution in [3.63, 3.8) is 0 Å². The fourth-order valence-corrected chi connectivity index (χ4v) is 8.57. The van der Waals surface area contributed by atoms with Gasteiger partial charge in [-0.1, -0.05) is 55.8 Å². The molecule has 4 aliphatic rings. The minimum absolute atomic E-state index is 0.133. The van der Waals surface area contributed by atoms with Crippen molar-refractivity contribution < 1.29 is 14.9 Å². The molecule has 170 valence electrons. The highest BCUT2D eigenvalue weighted by molar-refractivity contribution is 5.27. The van der Waals surface area contributed by atoms with Gasteiger partial charge in [0.05, 0.1) is 24.9 Å². The normalized spacial score (nSPS) is 45.3. The summed E-state index contributed by atoms with van der Waals surface area (Å²) in [5.74, 6) is 2.22. The van der Waals surface area contributed by atoms with Gasteiger partial charge in [-0.3, -0.25) is 0 Å². The zero-order valence-electron chi connectivity index (χ0n) is 19.5. The number of benzene rings is 1. The van der Waals surface area contributed by atoms with Crippen LogP contribution in [0.3, 0.4) is 0 Å². The molecule has 0 saturated heterocycles. The van der Waals surface area contributed by atoms with E-state index < -0.39 is 0 Å². The summed E-state index contributed by atoms with van der Waals surface area (Å²) >= 11 is 0. The first-order chi connectivity index (χ1) is 14.8. The molecule has 3 nitrogen and oxygen atoms in total. The molecule has 3 fully saturated rings. The molecule has 1 aromatic carbocycles. The maximum Gasteiger partial charge on any atom is 0.0724 e. The molecule has 0 spiro atoms. The zero-order chi connectivity index (χ0) is 21.8. The number of allylic oxidation sites excluding steroid dienone is 1. The Morgan fingerprint density at radius 2 is 1.87 bits per heavy atom. The Hall–Kier alpha value is -1.16. The lowest BCUT2D eigenvalue weighted by molar-refractivity contribution is -0.163. The molecule has 2 N–H and O–H groups in total. The van der Waals surface area contributed by atoms with Crippen LogP contribution in [-0.4, -0.2) is 28.5 Å². The predicted molar refractivity (Wildman–Crippen MR) is 123 cm³/mol. The molecule has 31 heavy (non-hydrogen) atoms. The standard InChI is InChI=1S/C28H40O3/c1-18(29)23-11-12-24-22-10-9-20-15-21(30)13-14-27(20,2)26(22)25(16-28(23,24)3)31-17-19-7-5-4-6-8-19/h4-8,15,18,21-26,29-30H,9-14,16-17H2,1-3H3/t18?,21-,22?,23?,24?,25+,26?,27-,28+/m0/s1. The van der Waals surface area contributed by atoms with Crippen LogP contribution in [0.5, 0.6) is 0 Å². The van der Waals surface area contributed by atoms with Crippen LogP contribution in [0.1, 0.15) is 71.3 Å². The Kier molecular flexibility index (Phi) is 5.60. The highest BCUT2D eigenvalue weighted by Crippen LogP contribution is 2.67. The Bertz CT molecular complexity index is 817. The largest absolute Gasteiger partial charge is 0.393 e. The number of ether oxygens (including phenoxy) is 1. The third kappa shape index (κ3) is 3.52. The third-order valence-corrected chi connectivity index (χ3v) is 9.96. The number of hydrogen-bond acceptors (Lipinski definition) is 3. The second-order valence-electron chi connectivity index (χ2n) is 11.5. The number of hydrogen-bond donors (Lipinski definition) is 2. The molecule has 9 atom stereocenters. The van der Waals surface area contributed by atoms with Crippen molar-refractivity contribution in [2.24, 2.45) is 34.5 Å². The molecule has 0 heterocycles. The molecular formula is C28H40O3. The van der Waals surface area contributed by atoms with Gasteiger partial charge in [-0.25, -0.2) is 0 Å². The summed E-state index contributed by atoms with van der Waals surface area (Å²) in [5, 5.41) is 21.0. The zero-order valence-corrected chi connectivity index (χ0v) is 19.5. The third-order valence-electron chi connectivity index (χ3n) is 9.96. The van der Waals surface area contributed by atoms with Gasteiger partial charge in [-0.15, -0.1) is 0 Å². The SMILES string of the molecule is CC(O)C1CCC2C3CCC4=C[C@@H](O)CC[C@]4(C)C3[C@H](OCc3ccccc3)C[C@]12C. The second kappa shape index (κ2) is 8.01. The topological polar surface area (TPSA) is 49.7 Å². The molecular weight excluding hydrogens is 384 g/mol. The smallest absolute Gasteiger partial charge is 0.0724 e. The average Bonchev–Trinajstić information content (AvgIpc) is 3.10. The van der Waals surface area contributed by atoms with Crippen LogP contribution < -0.4 is 0 Å². The van der Waals surface area contributed by atoms with Crippen molar-refractivity contribution in [1.82, 2.24) is 0 Å². The molecule has 0 radical (unpaired) electrons. The summed E-state index contributed by atoms with van der Waals surface area (Å²) in [6, 6.07) is 10.6. The lowest BCUT2D eigenvalue weighted by Crippen LogP contribution is -2.57. The van der Waals surface area contributed by atoms with Gasteiger partial charge in [0.1, 0.15) is 0 Å². The van der Waals surface area contributed by atoms with Crippen molar-refractivity contribution >= 4 is 0 Å². The van der Waals surface area contributed by atoms with E-state index in [1.54, 1.807) is 0 Å². The van der Waals surface area contributed by atoms with E-state index in [9.17, 15) is 10.2 Å². The van der Waals surface area contributed by atoms with Gasteiger partial charge in [0, 0.05) is 0 Å². The number of aliphatic hydroxyl groups excluding tert-OH is 2. The van der Waals surface area contributed by atoms with E-state index in [4.69, 9.17) is 4.74 Å². The molecule has 0 bridgehead atoms. The Morgan fingerprint density at radius 1 is 1.10 bits per heavy atom. The van der Waals surface area contributed by atoms with Gasteiger partial charge in [-0.05, 0) is 91.9 Å². The predicted octanol–water partition coefficient (Wildman–Crippen LogP) is 5.50. The summed E-state index contributed by atoms with van der Waals surface area (Å²) in [5.41, 5.74) is 3.01. The van der Waals surface area contributed by atoms with Crippen LogP contribution in [0.25, 0.3) is 0 Å². The van der Waals surface area contributed by atoms with Gasteiger partial charge in [0.15, 0.2) is 0 Å². The maximum atomic E-state index is 10.6. The summed E-state index contributed by atoms with van der Waals surface area (Å²) in [6.07, 6.45) is 9.55. The molecule has 3 saturated carbocycles. The number of rotatable bonds is 4. The highest BCUT2D eigenvalue weighted by atomic mass is 16.5. The lowest BCUT2D eigenvalue weighted by atomic mass is 9.45. The average molecular weight is 425 g/mol. The Morgan fingerprint density at radius 3 is 2.61 bits per heavy atom. The summed E-state index contributed by atoms with van der Waals surface area (Å²) in [4.78, 5) is 0. The van der Waals surface area contributed by atoms with Crippen molar-refractivity contribution in [2.45, 2.75) is 90.6 Å². The van der Waals surface area contributed by atoms with E-state index >= 15 is 0 Å². The van der Waals surface area contributed by atoms with Crippen LogP contribution in [0.15, 0.2) is 42.0 Å². The number of fused-ring (bicyclic) bond motifs is 5. The monoisotopic (exact) mass is 424 g/mol. The van der Waals surface area contributed by atoms with Crippen LogP contribution in [0.4, 0.5) is 0 Å². The fourth-order valence-electron chi connectivity index (χ4n) is 8.57. The van der Waals surface area contributed by atoms with Gasteiger partial charge in [-0.2, -0.15) is 0 Å². The minimum Gasteiger partial charge on any atom is -0.393 e. The van der Waals surface area contributed by atoms with Gasteiger partial charge in [0.2, 0.25) is 0 Å². The van der Waals surface area contributed by atoms with E-state index in [-0.39, 0.29) is 29.1 Å². The van der Waals surface area contributed by atoms with E-state index in [1.165, 1.54) is 24.0 Å². The van der Waals surface area contributed by atoms with Gasteiger partial charge < -0.3 is 14.9 Å². The molecule has 1 aromatic rings.